The predicted molar refractivity (Wildman–Crippen MR) is 94.4 cm³/mol. The Hall–Kier alpha value is -3.28. The van der Waals surface area contributed by atoms with E-state index in [4.69, 9.17) is 4.74 Å². The molecule has 1 amide bonds. The van der Waals surface area contributed by atoms with E-state index in [0.29, 0.717) is 22.3 Å². The van der Waals surface area contributed by atoms with Crippen LogP contribution in [0.3, 0.4) is 0 Å². The van der Waals surface area contributed by atoms with Gasteiger partial charge in [-0.05, 0) is 49.2 Å². The molecule has 0 fully saturated rings. The Morgan fingerprint density at radius 2 is 1.76 bits per heavy atom. The van der Waals surface area contributed by atoms with Crippen molar-refractivity contribution in [3.05, 3.63) is 65.5 Å². The minimum absolute atomic E-state index is 0.326. The number of amides is 1. The molecule has 0 unspecified atom stereocenters. The molecule has 0 radical (unpaired) electrons. The van der Waals surface area contributed by atoms with Gasteiger partial charge in [0.25, 0.3) is 5.91 Å². The number of hydrogen-bond acceptors (Lipinski definition) is 5. The van der Waals surface area contributed by atoms with Gasteiger partial charge in [-0.1, -0.05) is 12.1 Å². The number of aryl methyl sites for hydroxylation is 2. The first-order chi connectivity index (χ1) is 12.0. The normalized spacial score (nSPS) is 10.5. The Morgan fingerprint density at radius 3 is 2.56 bits per heavy atom. The molecule has 0 saturated carbocycles. The third-order valence-electron chi connectivity index (χ3n) is 3.71. The van der Waals surface area contributed by atoms with Crippen molar-refractivity contribution in [2.45, 2.75) is 13.8 Å². The molecule has 1 N–H and O–H groups in total. The van der Waals surface area contributed by atoms with E-state index in [2.05, 4.69) is 15.3 Å². The highest BCUT2D eigenvalue weighted by Crippen LogP contribution is 2.16. The first kappa shape index (κ1) is 16.6. The van der Waals surface area contributed by atoms with Crippen LogP contribution in [0.1, 0.15) is 21.5 Å². The van der Waals surface area contributed by atoms with Gasteiger partial charge >= 0.3 is 5.97 Å². The first-order valence-electron chi connectivity index (χ1n) is 7.78. The molecule has 126 valence electrons. The lowest BCUT2D eigenvalue weighted by Crippen LogP contribution is -2.21. The van der Waals surface area contributed by atoms with Gasteiger partial charge in [0, 0.05) is 18.1 Å². The average molecular weight is 335 g/mol. The van der Waals surface area contributed by atoms with Gasteiger partial charge in [-0.15, -0.1) is 0 Å². The SMILES string of the molecule is Cc1ccc(C)c(NC(=O)COC(=O)c2ccc3nccnc3c2)c1. The van der Waals surface area contributed by atoms with E-state index in [-0.39, 0.29) is 12.5 Å². The third kappa shape index (κ3) is 3.98. The van der Waals surface area contributed by atoms with Crippen LogP contribution in [-0.2, 0) is 9.53 Å². The molecule has 0 aliphatic rings. The van der Waals surface area contributed by atoms with E-state index >= 15 is 0 Å². The molecule has 0 atom stereocenters. The summed E-state index contributed by atoms with van der Waals surface area (Å²) in [4.78, 5) is 32.4. The highest BCUT2D eigenvalue weighted by Gasteiger charge is 2.12. The van der Waals surface area contributed by atoms with Crippen molar-refractivity contribution >= 4 is 28.6 Å². The van der Waals surface area contributed by atoms with Crippen LogP contribution in [-0.4, -0.2) is 28.5 Å². The number of nitrogens with zero attached hydrogens (tertiary/aromatic N) is 2. The molecule has 0 spiro atoms. The second kappa shape index (κ2) is 7.09. The fourth-order valence-corrected chi connectivity index (χ4v) is 2.36. The maximum Gasteiger partial charge on any atom is 0.338 e. The standard InChI is InChI=1S/C19H17N3O3/c1-12-3-4-13(2)16(9-12)22-18(23)11-25-19(24)14-5-6-15-17(10-14)21-8-7-20-15/h3-10H,11H2,1-2H3,(H,22,23). The number of ether oxygens (including phenoxy) is 1. The summed E-state index contributed by atoms with van der Waals surface area (Å²) in [6.45, 7) is 3.49. The van der Waals surface area contributed by atoms with Gasteiger partial charge in [-0.3, -0.25) is 14.8 Å². The van der Waals surface area contributed by atoms with E-state index in [9.17, 15) is 9.59 Å². The fraction of sp³-hybridized carbons (Fsp3) is 0.158. The topological polar surface area (TPSA) is 81.2 Å². The van der Waals surface area contributed by atoms with Gasteiger partial charge < -0.3 is 10.1 Å². The molecule has 6 nitrogen and oxygen atoms in total. The number of carbonyl (C=O) groups is 2. The minimum atomic E-state index is -0.580. The van der Waals surface area contributed by atoms with Gasteiger partial charge in [0.15, 0.2) is 6.61 Å². The Kier molecular flexibility index (Phi) is 4.70. The van der Waals surface area contributed by atoms with Crippen LogP contribution in [0.4, 0.5) is 5.69 Å². The lowest BCUT2D eigenvalue weighted by atomic mass is 10.1. The molecule has 3 rings (SSSR count). The van der Waals surface area contributed by atoms with E-state index in [1.54, 1.807) is 30.6 Å². The largest absolute Gasteiger partial charge is 0.452 e. The smallest absolute Gasteiger partial charge is 0.338 e. The van der Waals surface area contributed by atoms with Gasteiger partial charge in [0.1, 0.15) is 0 Å². The highest BCUT2D eigenvalue weighted by molar-refractivity contribution is 5.97. The van der Waals surface area contributed by atoms with Crippen LogP contribution in [0.25, 0.3) is 11.0 Å². The number of benzene rings is 2. The van der Waals surface area contributed by atoms with Gasteiger partial charge in [0.2, 0.25) is 0 Å². The van der Waals surface area contributed by atoms with Gasteiger partial charge in [0.05, 0.1) is 16.6 Å². The summed E-state index contributed by atoms with van der Waals surface area (Å²) in [5, 5.41) is 2.75. The van der Waals surface area contributed by atoms with Crippen molar-refractivity contribution in [1.29, 1.82) is 0 Å². The van der Waals surface area contributed by atoms with Crippen LogP contribution in [0.2, 0.25) is 0 Å². The number of nitrogens with one attached hydrogen (secondary N) is 1. The molecular formula is C19H17N3O3. The van der Waals surface area contributed by atoms with Gasteiger partial charge in [-0.2, -0.15) is 0 Å². The minimum Gasteiger partial charge on any atom is -0.452 e. The van der Waals surface area contributed by atoms with Crippen molar-refractivity contribution in [1.82, 2.24) is 9.97 Å². The van der Waals surface area contributed by atoms with Crippen LogP contribution in [0, 0.1) is 13.8 Å². The van der Waals surface area contributed by atoms with Crippen LogP contribution >= 0.6 is 0 Å². The number of esters is 1. The lowest BCUT2D eigenvalue weighted by Gasteiger charge is -2.10. The average Bonchev–Trinajstić information content (AvgIpc) is 2.62. The van der Waals surface area contributed by atoms with E-state index in [1.807, 2.05) is 32.0 Å². The number of carbonyl (C=O) groups excluding carboxylic acids is 2. The molecule has 2 aromatic carbocycles. The number of rotatable bonds is 4. The molecule has 0 bridgehead atoms. The van der Waals surface area contributed by atoms with E-state index < -0.39 is 5.97 Å². The lowest BCUT2D eigenvalue weighted by molar-refractivity contribution is -0.119. The molecule has 0 aliphatic heterocycles. The van der Waals surface area contributed by atoms with E-state index in [1.165, 1.54) is 0 Å². The van der Waals surface area contributed by atoms with Crippen molar-refractivity contribution in [3.63, 3.8) is 0 Å². The molecule has 25 heavy (non-hydrogen) atoms. The molecule has 1 heterocycles. The summed E-state index contributed by atoms with van der Waals surface area (Å²) >= 11 is 0. The maximum absolute atomic E-state index is 12.1. The van der Waals surface area contributed by atoms with Crippen molar-refractivity contribution < 1.29 is 14.3 Å². The summed E-state index contributed by atoms with van der Waals surface area (Å²) in [6.07, 6.45) is 3.13. The molecular weight excluding hydrogens is 318 g/mol. The zero-order valence-electron chi connectivity index (χ0n) is 13.9. The molecule has 0 aliphatic carbocycles. The zero-order chi connectivity index (χ0) is 17.8. The Labute approximate surface area is 144 Å². The Morgan fingerprint density at radius 1 is 1.00 bits per heavy atom. The van der Waals surface area contributed by atoms with Gasteiger partial charge in [-0.25, -0.2) is 4.79 Å². The van der Waals surface area contributed by atoms with Crippen LogP contribution in [0.5, 0.6) is 0 Å². The van der Waals surface area contributed by atoms with Crippen molar-refractivity contribution in [2.75, 3.05) is 11.9 Å². The second-order valence-corrected chi connectivity index (χ2v) is 5.70. The molecule has 3 aromatic rings. The maximum atomic E-state index is 12.1. The van der Waals surface area contributed by atoms with Crippen LogP contribution < -0.4 is 5.32 Å². The molecule has 6 heteroatoms. The Balaban J connectivity index is 1.62. The van der Waals surface area contributed by atoms with Crippen molar-refractivity contribution in [2.24, 2.45) is 0 Å². The predicted octanol–water partition coefficient (Wildman–Crippen LogP) is 3.04. The summed E-state index contributed by atoms with van der Waals surface area (Å²) < 4.78 is 5.08. The Bertz CT molecular complexity index is 954. The molecule has 1 aromatic heterocycles. The number of anilines is 1. The third-order valence-corrected chi connectivity index (χ3v) is 3.71. The number of fused-ring (bicyclic) bond motifs is 1. The van der Waals surface area contributed by atoms with E-state index in [0.717, 1.165) is 11.1 Å². The monoisotopic (exact) mass is 335 g/mol. The highest BCUT2D eigenvalue weighted by atomic mass is 16.5. The number of aromatic nitrogens is 2. The zero-order valence-corrected chi connectivity index (χ0v) is 13.9. The fourth-order valence-electron chi connectivity index (χ4n) is 2.36. The second-order valence-electron chi connectivity index (χ2n) is 5.70. The summed E-state index contributed by atoms with van der Waals surface area (Å²) in [5.74, 6) is -0.966. The summed E-state index contributed by atoms with van der Waals surface area (Å²) in [7, 11) is 0. The summed E-state index contributed by atoms with van der Waals surface area (Å²) in [6, 6.07) is 10.6. The summed E-state index contributed by atoms with van der Waals surface area (Å²) in [5.41, 5.74) is 4.30. The van der Waals surface area contributed by atoms with Crippen LogP contribution in [0.15, 0.2) is 48.8 Å². The van der Waals surface area contributed by atoms with Crippen molar-refractivity contribution in [3.8, 4) is 0 Å². The quantitative estimate of drug-likeness (QED) is 0.741. The molecule has 0 saturated heterocycles. The first-order valence-corrected chi connectivity index (χ1v) is 7.78. The number of hydrogen-bond donors (Lipinski definition) is 1.